The summed E-state index contributed by atoms with van der Waals surface area (Å²) >= 11 is 0. The number of carbonyl (C=O) groups excluding carboxylic acids is 1. The molecule has 0 fully saturated rings. The average molecular weight is 356 g/mol. The topological polar surface area (TPSA) is 80.7 Å². The molecule has 0 aromatic heterocycles. The summed E-state index contributed by atoms with van der Waals surface area (Å²) in [7, 11) is -4.26. The Kier molecular flexibility index (Phi) is 24.0. The molecule has 0 rings (SSSR count). The van der Waals surface area contributed by atoms with Crippen molar-refractivity contribution in [1.29, 1.82) is 0 Å². The van der Waals surface area contributed by atoms with E-state index in [9.17, 15) is 13.2 Å². The first kappa shape index (κ1) is 28.2. The molecular weight excluding hydrogens is 326 g/mol. The van der Waals surface area contributed by atoms with Gasteiger partial charge in [-0.05, 0) is 6.42 Å². The first-order valence-corrected chi connectivity index (χ1v) is 9.17. The fraction of sp³-hybridized carbons (Fsp3) is 0.929. The van der Waals surface area contributed by atoms with Crippen LogP contribution in [0.25, 0.3) is 0 Å². The molecule has 124 valence electrons. The van der Waals surface area contributed by atoms with Gasteiger partial charge in [0.05, 0.1) is 6.61 Å². The maximum Gasteiger partial charge on any atom is 1.00 e. The van der Waals surface area contributed by atoms with E-state index in [0.29, 0.717) is 0 Å². The molecule has 0 saturated heterocycles. The van der Waals surface area contributed by atoms with E-state index in [1.54, 1.807) is 0 Å². The molecule has 0 atom stereocenters. The zero-order valence-electron chi connectivity index (χ0n) is 16.5. The fourth-order valence-electron chi connectivity index (χ4n) is 1.97. The van der Waals surface area contributed by atoms with Gasteiger partial charge in [-0.15, -0.1) is 0 Å². The zero-order valence-corrected chi connectivity index (χ0v) is 19.3. The molecule has 0 amide bonds. The summed E-state index contributed by atoms with van der Waals surface area (Å²) in [5.74, 6) is -1.84. The quantitative estimate of drug-likeness (QED) is 0.172. The minimum Gasteiger partial charge on any atom is -1.00 e. The summed E-state index contributed by atoms with van der Waals surface area (Å²) in [4.78, 5) is 11.0. The van der Waals surface area contributed by atoms with E-state index >= 15 is 0 Å². The van der Waals surface area contributed by atoms with Crippen molar-refractivity contribution in [2.24, 2.45) is 0 Å². The molecule has 1 N–H and O–H groups in total. The van der Waals surface area contributed by atoms with Gasteiger partial charge in [0, 0.05) is 0 Å². The molecule has 0 aliphatic carbocycles. The van der Waals surface area contributed by atoms with Crippen LogP contribution in [0.3, 0.4) is 0 Å². The molecule has 0 aromatic rings. The van der Waals surface area contributed by atoms with Crippen molar-refractivity contribution in [2.75, 3.05) is 12.4 Å². The van der Waals surface area contributed by atoms with Gasteiger partial charge in [-0.1, -0.05) is 64.7 Å². The number of rotatable bonds is 13. The average Bonchev–Trinajstić information content (AvgIpc) is 2.34. The summed E-state index contributed by atoms with van der Waals surface area (Å²) in [6.45, 7) is 2.44. The molecule has 0 radical (unpaired) electrons. The van der Waals surface area contributed by atoms with E-state index in [2.05, 4.69) is 6.92 Å². The Morgan fingerprint density at radius 2 is 1.32 bits per heavy atom. The Labute approximate surface area is 182 Å². The van der Waals surface area contributed by atoms with Crippen LogP contribution in [0.1, 0.15) is 74.0 Å². The molecule has 0 saturated carbocycles. The number of ether oxygens (including phenoxy) is 1. The van der Waals surface area contributed by atoms with Crippen LogP contribution in [0.4, 0.5) is 0 Å². The number of unbranched alkanes of at least 4 members (excludes halogenated alkanes) is 9. The Bertz CT molecular complexity index is 357. The Hall–Kier alpha value is 1.38. The maximum atomic E-state index is 11.0. The number of esters is 1. The van der Waals surface area contributed by atoms with Crippen LogP contribution in [0.15, 0.2) is 0 Å². The van der Waals surface area contributed by atoms with Gasteiger partial charge in [-0.3, -0.25) is 9.35 Å². The summed E-state index contributed by atoms with van der Waals surface area (Å²) in [6.07, 6.45) is 11.8. The predicted molar refractivity (Wildman–Crippen MR) is 81.4 cm³/mol. The van der Waals surface area contributed by atoms with Crippen molar-refractivity contribution >= 4 is 16.1 Å². The third-order valence-corrected chi connectivity index (χ3v) is 3.66. The Balaban J connectivity index is -0.000000301. The summed E-state index contributed by atoms with van der Waals surface area (Å²) < 4.78 is 33.9. The van der Waals surface area contributed by atoms with Crippen LogP contribution in [0, 0.1) is 0 Å². The Morgan fingerprint density at radius 3 is 1.73 bits per heavy atom. The fourth-order valence-corrected chi connectivity index (χ4v) is 2.35. The smallest absolute Gasteiger partial charge is 1.00 e. The van der Waals surface area contributed by atoms with E-state index in [0.717, 1.165) is 19.3 Å². The molecule has 0 aliphatic heterocycles. The monoisotopic (exact) mass is 356 g/mol. The van der Waals surface area contributed by atoms with Crippen molar-refractivity contribution in [3.63, 3.8) is 0 Å². The molecule has 0 unspecified atom stereocenters. The van der Waals surface area contributed by atoms with Crippen molar-refractivity contribution in [2.45, 2.75) is 71.1 Å². The van der Waals surface area contributed by atoms with Gasteiger partial charge < -0.3 is 7.59 Å². The van der Waals surface area contributed by atoms with Crippen molar-refractivity contribution in [1.82, 2.24) is 0 Å². The van der Waals surface area contributed by atoms with Gasteiger partial charge in [-0.2, -0.15) is 8.42 Å². The second kappa shape index (κ2) is 18.7. The van der Waals surface area contributed by atoms with Crippen LogP contribution in [0.2, 0.25) is 0 Å². The van der Waals surface area contributed by atoms with Crippen LogP contribution in [-0.4, -0.2) is 31.3 Å². The van der Waals surface area contributed by atoms with Crippen molar-refractivity contribution in [3.05, 3.63) is 0 Å². The van der Waals surface area contributed by atoms with Crippen LogP contribution >= 0.6 is 0 Å². The molecule has 0 spiro atoms. The minimum absolute atomic E-state index is 0. The second-order valence-electron chi connectivity index (χ2n) is 5.13. The van der Waals surface area contributed by atoms with Crippen molar-refractivity contribution in [3.8, 4) is 0 Å². The van der Waals surface area contributed by atoms with Gasteiger partial charge in [0.15, 0.2) is 5.75 Å². The molecular formula is C14H30Na2O5S. The molecule has 22 heavy (non-hydrogen) atoms. The largest absolute Gasteiger partial charge is 1.00 e. The third kappa shape index (κ3) is 23.6. The normalized spacial score (nSPS) is 10.5. The van der Waals surface area contributed by atoms with Crippen LogP contribution in [0.5, 0.6) is 0 Å². The van der Waals surface area contributed by atoms with E-state index in [-0.39, 0.29) is 68.6 Å². The first-order valence-electron chi connectivity index (χ1n) is 7.56. The van der Waals surface area contributed by atoms with Gasteiger partial charge in [0.25, 0.3) is 10.1 Å². The van der Waals surface area contributed by atoms with Gasteiger partial charge >= 0.3 is 65.1 Å². The third-order valence-electron chi connectivity index (χ3n) is 3.06. The standard InChI is InChI=1S/C14H28O5S.2Na.2H/c1-2-3-4-5-6-7-8-9-10-11-12-19-14(15)13-20(16,17)18;;;;/h2-13H2,1H3,(H,16,17,18);;;;/q;2*+1;2*-1. The maximum absolute atomic E-state index is 11.0. The van der Waals surface area contributed by atoms with E-state index in [4.69, 9.17) is 9.29 Å². The predicted octanol–water partition coefficient (Wildman–Crippen LogP) is -2.43. The summed E-state index contributed by atoms with van der Waals surface area (Å²) in [5, 5.41) is 0. The van der Waals surface area contributed by atoms with E-state index in [1.807, 2.05) is 0 Å². The van der Waals surface area contributed by atoms with Gasteiger partial charge in [0.2, 0.25) is 0 Å². The Morgan fingerprint density at radius 1 is 0.909 bits per heavy atom. The minimum atomic E-state index is -4.26. The van der Waals surface area contributed by atoms with Crippen LogP contribution < -0.4 is 59.1 Å². The molecule has 0 aromatic carbocycles. The molecule has 0 heterocycles. The summed E-state index contributed by atoms with van der Waals surface area (Å²) in [5.41, 5.74) is 0. The number of hydrogen-bond donors (Lipinski definition) is 1. The van der Waals surface area contributed by atoms with E-state index < -0.39 is 21.8 Å². The summed E-state index contributed by atoms with van der Waals surface area (Å²) in [6, 6.07) is 0. The number of carbonyl (C=O) groups is 1. The van der Waals surface area contributed by atoms with Crippen LogP contribution in [-0.2, 0) is 19.6 Å². The SMILES string of the molecule is CCCCCCCCCCCCOC(=O)CS(=O)(=O)O.[H-].[H-].[Na+].[Na+]. The number of hydrogen-bond acceptors (Lipinski definition) is 4. The molecule has 0 bridgehead atoms. The zero-order chi connectivity index (χ0) is 15.3. The molecule has 5 nitrogen and oxygen atoms in total. The molecule has 8 heteroatoms. The van der Waals surface area contributed by atoms with E-state index in [1.165, 1.54) is 44.9 Å². The second-order valence-corrected chi connectivity index (χ2v) is 6.58. The molecule has 0 aliphatic rings. The van der Waals surface area contributed by atoms with Crippen molar-refractivity contribution < 1.29 is 84.5 Å². The van der Waals surface area contributed by atoms with Gasteiger partial charge in [-0.25, -0.2) is 0 Å². The first-order chi connectivity index (χ1) is 9.45. The van der Waals surface area contributed by atoms with Gasteiger partial charge in [0.1, 0.15) is 0 Å².